The summed E-state index contributed by atoms with van der Waals surface area (Å²) in [6.45, 7) is 2.09. The van der Waals surface area contributed by atoms with Gasteiger partial charge in [0, 0.05) is 51.0 Å². The third-order valence-electron chi connectivity index (χ3n) is 5.79. The maximum Gasteiger partial charge on any atom is 0.126 e. The van der Waals surface area contributed by atoms with Crippen LogP contribution < -0.4 is 5.32 Å². The summed E-state index contributed by atoms with van der Waals surface area (Å²) in [6.07, 6.45) is 5.55. The second kappa shape index (κ2) is 6.73. The summed E-state index contributed by atoms with van der Waals surface area (Å²) in [5.74, 6) is 0. The Kier molecular flexibility index (Phi) is 3.85. The first-order valence-corrected chi connectivity index (χ1v) is 10.8. The van der Waals surface area contributed by atoms with E-state index in [0.29, 0.717) is 5.56 Å². The number of nitriles is 1. The molecule has 0 fully saturated rings. The van der Waals surface area contributed by atoms with Gasteiger partial charge in [-0.05, 0) is 59.8 Å². The molecule has 0 aliphatic rings. The van der Waals surface area contributed by atoms with E-state index in [1.807, 2.05) is 18.5 Å². The third kappa shape index (κ3) is 2.79. The molecule has 0 bridgehead atoms. The Hall–Kier alpha value is -4.08. The van der Waals surface area contributed by atoms with Crippen LogP contribution in [0.2, 0.25) is 0 Å². The number of aromatic nitrogens is 3. The van der Waals surface area contributed by atoms with Gasteiger partial charge in [-0.3, -0.25) is 0 Å². The van der Waals surface area contributed by atoms with E-state index >= 15 is 0 Å². The van der Waals surface area contributed by atoms with E-state index in [0.717, 1.165) is 48.6 Å². The molecular weight excluding hydrogens is 402 g/mol. The number of nitrogens with one attached hydrogen (secondary N) is 3. The SMILES string of the molecule is Cc1c(Nc2c(C#N)cnc3sc(-c4ccc5cc[nH]c5c4)cc23)ccc2[nH]ccc12. The molecule has 0 saturated carbocycles. The third-order valence-corrected chi connectivity index (χ3v) is 6.88. The smallest absolute Gasteiger partial charge is 0.126 e. The van der Waals surface area contributed by atoms with Crippen molar-refractivity contribution < 1.29 is 0 Å². The van der Waals surface area contributed by atoms with Crippen LogP contribution in [0.5, 0.6) is 0 Å². The van der Waals surface area contributed by atoms with Crippen LogP contribution in [0.1, 0.15) is 11.1 Å². The number of H-pyrrole nitrogens is 2. The zero-order valence-corrected chi connectivity index (χ0v) is 17.5. The molecular formula is C25H17N5S. The first-order valence-electron chi connectivity index (χ1n) is 9.95. The Morgan fingerprint density at radius 3 is 2.74 bits per heavy atom. The van der Waals surface area contributed by atoms with Crippen LogP contribution in [0.15, 0.2) is 67.1 Å². The van der Waals surface area contributed by atoms with Crippen molar-refractivity contribution in [2.24, 2.45) is 0 Å². The first kappa shape index (κ1) is 17.8. The molecule has 6 aromatic rings. The molecule has 4 heterocycles. The molecule has 3 N–H and O–H groups in total. The van der Waals surface area contributed by atoms with E-state index < -0.39 is 0 Å². The molecule has 0 spiro atoms. The summed E-state index contributed by atoms with van der Waals surface area (Å²) in [7, 11) is 0. The molecule has 6 rings (SSSR count). The lowest BCUT2D eigenvalue weighted by Crippen LogP contribution is -1.97. The highest BCUT2D eigenvalue weighted by Gasteiger charge is 2.15. The highest BCUT2D eigenvalue weighted by Crippen LogP contribution is 2.39. The molecule has 0 saturated heterocycles. The van der Waals surface area contributed by atoms with Gasteiger partial charge in [-0.15, -0.1) is 11.3 Å². The van der Waals surface area contributed by atoms with Crippen molar-refractivity contribution in [2.45, 2.75) is 6.92 Å². The quantitative estimate of drug-likeness (QED) is 0.293. The summed E-state index contributed by atoms with van der Waals surface area (Å²) in [4.78, 5) is 13.1. The van der Waals surface area contributed by atoms with Gasteiger partial charge in [0.1, 0.15) is 10.9 Å². The molecule has 148 valence electrons. The molecule has 4 aromatic heterocycles. The van der Waals surface area contributed by atoms with Crippen LogP contribution in [0.3, 0.4) is 0 Å². The van der Waals surface area contributed by atoms with E-state index in [-0.39, 0.29) is 0 Å². The normalized spacial score (nSPS) is 11.4. The van der Waals surface area contributed by atoms with Crippen molar-refractivity contribution in [3.05, 3.63) is 78.2 Å². The number of pyridine rings is 1. The maximum atomic E-state index is 9.75. The zero-order chi connectivity index (χ0) is 20.9. The van der Waals surface area contributed by atoms with Crippen molar-refractivity contribution >= 4 is 54.7 Å². The minimum Gasteiger partial charge on any atom is -0.361 e. The monoisotopic (exact) mass is 419 g/mol. The lowest BCUT2D eigenvalue weighted by Gasteiger charge is -2.12. The predicted octanol–water partition coefficient (Wildman–Crippen LogP) is 6.85. The summed E-state index contributed by atoms with van der Waals surface area (Å²) in [5, 5.41) is 16.6. The van der Waals surface area contributed by atoms with Crippen molar-refractivity contribution in [2.75, 3.05) is 5.32 Å². The van der Waals surface area contributed by atoms with Gasteiger partial charge in [0.25, 0.3) is 0 Å². The second-order valence-electron chi connectivity index (χ2n) is 7.57. The Morgan fingerprint density at radius 1 is 0.968 bits per heavy atom. The highest BCUT2D eigenvalue weighted by molar-refractivity contribution is 7.22. The number of hydrogen-bond acceptors (Lipinski definition) is 4. The number of aromatic amines is 2. The number of nitrogens with zero attached hydrogens (tertiary/aromatic N) is 2. The fraction of sp³-hybridized carbons (Fsp3) is 0.0400. The fourth-order valence-electron chi connectivity index (χ4n) is 4.11. The van der Waals surface area contributed by atoms with Crippen LogP contribution in [0.4, 0.5) is 11.4 Å². The van der Waals surface area contributed by atoms with Gasteiger partial charge in [-0.1, -0.05) is 12.1 Å². The van der Waals surface area contributed by atoms with Gasteiger partial charge in [0.05, 0.1) is 11.3 Å². The minimum atomic E-state index is 0.533. The van der Waals surface area contributed by atoms with E-state index in [1.165, 1.54) is 10.8 Å². The maximum absolute atomic E-state index is 9.75. The van der Waals surface area contributed by atoms with Crippen molar-refractivity contribution in [1.82, 2.24) is 15.0 Å². The Bertz CT molecular complexity index is 1640. The minimum absolute atomic E-state index is 0.533. The topological polar surface area (TPSA) is 80.3 Å². The van der Waals surface area contributed by atoms with Crippen LogP contribution in [0.25, 0.3) is 42.5 Å². The van der Waals surface area contributed by atoms with Gasteiger partial charge in [0.15, 0.2) is 0 Å². The zero-order valence-electron chi connectivity index (χ0n) is 16.7. The lowest BCUT2D eigenvalue weighted by atomic mass is 10.1. The van der Waals surface area contributed by atoms with Crippen LogP contribution in [0, 0.1) is 18.3 Å². The fourth-order valence-corrected chi connectivity index (χ4v) is 5.11. The number of hydrogen-bond donors (Lipinski definition) is 3. The molecule has 0 unspecified atom stereocenters. The number of fused-ring (bicyclic) bond motifs is 3. The van der Waals surface area contributed by atoms with Crippen molar-refractivity contribution in [3.8, 4) is 16.5 Å². The van der Waals surface area contributed by atoms with E-state index in [9.17, 15) is 5.26 Å². The number of aryl methyl sites for hydroxylation is 1. The molecule has 0 aliphatic heterocycles. The molecule has 31 heavy (non-hydrogen) atoms. The Morgan fingerprint density at radius 2 is 1.84 bits per heavy atom. The van der Waals surface area contributed by atoms with Crippen molar-refractivity contribution in [1.29, 1.82) is 5.26 Å². The molecule has 6 heteroatoms. The van der Waals surface area contributed by atoms with E-state index in [1.54, 1.807) is 17.5 Å². The number of thiophene rings is 1. The van der Waals surface area contributed by atoms with Gasteiger partial charge in [-0.25, -0.2) is 4.98 Å². The summed E-state index contributed by atoms with van der Waals surface area (Å²) in [6, 6.07) is 19.1. The molecule has 0 atom stereocenters. The highest BCUT2D eigenvalue weighted by atomic mass is 32.1. The van der Waals surface area contributed by atoms with Gasteiger partial charge in [0.2, 0.25) is 0 Å². The average molecular weight is 420 g/mol. The van der Waals surface area contributed by atoms with E-state index in [4.69, 9.17) is 0 Å². The Labute approximate surface area is 182 Å². The average Bonchev–Trinajstić information content (AvgIpc) is 3.54. The predicted molar refractivity (Wildman–Crippen MR) is 128 cm³/mol. The molecule has 0 radical (unpaired) electrons. The molecule has 0 aliphatic carbocycles. The standard InChI is InChI=1S/C25H17N5S/c1-14-18-7-9-27-21(18)5-4-20(14)30-24-17(12-26)13-29-25-19(24)11-23(31-25)16-3-2-15-6-8-28-22(15)10-16/h2-11,13,27-28H,1H3,(H,29,30). The van der Waals surface area contributed by atoms with E-state index in [2.05, 4.69) is 75.7 Å². The first-order chi connectivity index (χ1) is 15.2. The van der Waals surface area contributed by atoms with Crippen LogP contribution in [-0.2, 0) is 0 Å². The summed E-state index contributed by atoms with van der Waals surface area (Å²) in [5.41, 5.74) is 6.79. The van der Waals surface area contributed by atoms with Crippen LogP contribution >= 0.6 is 11.3 Å². The number of benzene rings is 2. The Balaban J connectivity index is 1.50. The number of rotatable bonds is 3. The summed E-state index contributed by atoms with van der Waals surface area (Å²) >= 11 is 1.63. The van der Waals surface area contributed by atoms with Crippen LogP contribution in [-0.4, -0.2) is 15.0 Å². The molecule has 0 amide bonds. The van der Waals surface area contributed by atoms with Crippen molar-refractivity contribution in [3.63, 3.8) is 0 Å². The molecule has 2 aromatic carbocycles. The lowest BCUT2D eigenvalue weighted by molar-refractivity contribution is 1.38. The number of anilines is 2. The van der Waals surface area contributed by atoms with Gasteiger partial charge in [-0.2, -0.15) is 5.26 Å². The molecule has 5 nitrogen and oxygen atoms in total. The summed E-state index contributed by atoms with van der Waals surface area (Å²) < 4.78 is 0. The van der Waals surface area contributed by atoms with Gasteiger partial charge < -0.3 is 15.3 Å². The van der Waals surface area contributed by atoms with Gasteiger partial charge >= 0.3 is 0 Å². The second-order valence-corrected chi connectivity index (χ2v) is 8.60. The largest absolute Gasteiger partial charge is 0.361 e.